The zero-order valence-corrected chi connectivity index (χ0v) is 22.9. The van der Waals surface area contributed by atoms with Gasteiger partial charge in [-0.05, 0) is 25.7 Å². The smallest absolute Gasteiger partial charge is 0.236 e. The molecule has 2 aliphatic rings. The minimum Gasteiger partial charge on any atom is -0.396 e. The molecule has 2 aliphatic carbocycles. The van der Waals surface area contributed by atoms with Gasteiger partial charge in [-0.15, -0.1) is 0 Å². The summed E-state index contributed by atoms with van der Waals surface area (Å²) in [6, 6.07) is 0. The predicted octanol–water partition coefficient (Wildman–Crippen LogP) is -3.83. The van der Waals surface area contributed by atoms with E-state index in [1.807, 2.05) is 0 Å². The number of nitrogens with two attached hydrogens (primary N) is 1. The average Bonchev–Trinajstić information content (AvgIpc) is 3.27. The van der Waals surface area contributed by atoms with Crippen molar-refractivity contribution in [2.24, 2.45) is 41.4 Å². The molecule has 2 fully saturated rings. The molecule has 15 atom stereocenters. The first-order valence-corrected chi connectivity index (χ1v) is 13.5. The summed E-state index contributed by atoms with van der Waals surface area (Å²) in [6.45, 7) is 5.30. The molecule has 0 aromatic heterocycles. The lowest BCUT2D eigenvalue weighted by molar-refractivity contribution is -0.234. The Kier molecular flexibility index (Phi) is 12.5. The Morgan fingerprint density at radius 2 is 1.46 bits per heavy atom. The number of rotatable bonds is 14. The summed E-state index contributed by atoms with van der Waals surface area (Å²) in [6.07, 6.45) is -11.6. The highest BCUT2D eigenvalue weighted by molar-refractivity contribution is 5.77. The molecule has 0 heterocycles. The maximum atomic E-state index is 11.7. The van der Waals surface area contributed by atoms with Crippen LogP contribution in [0.15, 0.2) is 0 Å². The zero-order valence-electron chi connectivity index (χ0n) is 22.9. The quantitative estimate of drug-likeness (QED) is 0.0416. The van der Waals surface area contributed by atoms with Gasteiger partial charge in [-0.2, -0.15) is 0 Å². The number of hydrazine groups is 1. The van der Waals surface area contributed by atoms with E-state index in [0.717, 1.165) is 0 Å². The molecule has 0 aromatic carbocycles. The molecular weight excluding hydrogens is 520 g/mol. The van der Waals surface area contributed by atoms with Crippen molar-refractivity contribution >= 4 is 5.91 Å². The summed E-state index contributed by atoms with van der Waals surface area (Å²) in [7, 11) is 0. The van der Waals surface area contributed by atoms with Crippen LogP contribution in [0.5, 0.6) is 0 Å². The van der Waals surface area contributed by atoms with E-state index < -0.39 is 97.4 Å². The Balaban J connectivity index is 2.24. The van der Waals surface area contributed by atoms with Crippen molar-refractivity contribution in [3.05, 3.63) is 0 Å². The molecule has 2 saturated carbocycles. The van der Waals surface area contributed by atoms with Gasteiger partial charge in [0.2, 0.25) is 5.91 Å². The highest BCUT2D eigenvalue weighted by Gasteiger charge is 2.59. The van der Waals surface area contributed by atoms with Crippen LogP contribution < -0.4 is 11.3 Å². The van der Waals surface area contributed by atoms with Crippen molar-refractivity contribution in [2.75, 3.05) is 19.8 Å². The van der Waals surface area contributed by atoms with Crippen LogP contribution in [-0.2, 0) is 14.3 Å². The highest BCUT2D eigenvalue weighted by Crippen LogP contribution is 2.44. The first-order valence-electron chi connectivity index (χ1n) is 13.5. The Morgan fingerprint density at radius 1 is 0.923 bits per heavy atom. The lowest BCUT2D eigenvalue weighted by atomic mass is 9.81. The second kappa shape index (κ2) is 14.2. The van der Waals surface area contributed by atoms with E-state index in [-0.39, 0.29) is 24.9 Å². The minimum atomic E-state index is -1.67. The van der Waals surface area contributed by atoms with Crippen LogP contribution in [0, 0.1) is 35.5 Å². The minimum absolute atomic E-state index is 0.0201. The van der Waals surface area contributed by atoms with Crippen LogP contribution in [0.1, 0.15) is 40.5 Å². The summed E-state index contributed by atoms with van der Waals surface area (Å²) >= 11 is 0. The largest absolute Gasteiger partial charge is 0.396 e. The predicted molar refractivity (Wildman–Crippen MR) is 135 cm³/mol. The Bertz CT molecular complexity index is 779. The van der Waals surface area contributed by atoms with Crippen molar-refractivity contribution in [3.63, 3.8) is 0 Å². The zero-order chi connectivity index (χ0) is 29.8. The van der Waals surface area contributed by atoms with Gasteiger partial charge in [0.15, 0.2) is 6.29 Å². The van der Waals surface area contributed by atoms with Crippen molar-refractivity contribution in [1.82, 2.24) is 5.43 Å². The van der Waals surface area contributed by atoms with Crippen LogP contribution in [0.3, 0.4) is 0 Å². The van der Waals surface area contributed by atoms with Crippen LogP contribution in [0.25, 0.3) is 0 Å². The van der Waals surface area contributed by atoms with Gasteiger partial charge >= 0.3 is 0 Å². The number of hydrogen-bond acceptors (Lipinski definition) is 13. The molecule has 0 saturated heterocycles. The van der Waals surface area contributed by atoms with Crippen LogP contribution in [0.2, 0.25) is 0 Å². The van der Waals surface area contributed by atoms with E-state index in [1.54, 1.807) is 20.8 Å². The fourth-order valence-electron chi connectivity index (χ4n) is 6.00. The van der Waals surface area contributed by atoms with Crippen molar-refractivity contribution < 1.29 is 60.2 Å². The topological polar surface area (TPSA) is 256 Å². The Morgan fingerprint density at radius 3 is 1.95 bits per heavy atom. The molecule has 14 nitrogen and oxygen atoms in total. The van der Waals surface area contributed by atoms with Crippen molar-refractivity contribution in [2.45, 2.75) is 95.2 Å². The molecule has 15 unspecified atom stereocenters. The molecule has 0 aromatic rings. The SMILES string of the molecule is CCC(C)(OC1C(CO)C(O)C(O)C1C(O)OCC(C)CC(C)C(=O)NN)C(O)C1C(O)C(O)C(CO)C1O. The normalized spacial score (nSPS) is 39.6. The van der Waals surface area contributed by atoms with Crippen LogP contribution in [0.4, 0.5) is 0 Å². The second-order valence-corrected chi connectivity index (χ2v) is 11.5. The summed E-state index contributed by atoms with van der Waals surface area (Å²) in [5.41, 5.74) is 0.509. The molecule has 0 spiro atoms. The van der Waals surface area contributed by atoms with Gasteiger partial charge < -0.3 is 55.4 Å². The fraction of sp³-hybridized carbons (Fsp3) is 0.960. The van der Waals surface area contributed by atoms with Gasteiger partial charge in [-0.3, -0.25) is 10.2 Å². The second-order valence-electron chi connectivity index (χ2n) is 11.5. The Hall–Kier alpha value is -1.01. The monoisotopic (exact) mass is 568 g/mol. The fourth-order valence-corrected chi connectivity index (χ4v) is 6.00. The summed E-state index contributed by atoms with van der Waals surface area (Å²) in [4.78, 5) is 11.7. The lowest BCUT2D eigenvalue weighted by Crippen LogP contribution is -2.55. The molecule has 1 amide bonds. The lowest BCUT2D eigenvalue weighted by Gasteiger charge is -2.43. The molecule has 14 heteroatoms. The molecule has 0 aliphatic heterocycles. The van der Waals surface area contributed by atoms with Gasteiger partial charge in [0.25, 0.3) is 0 Å². The molecule has 0 bridgehead atoms. The van der Waals surface area contributed by atoms with Crippen LogP contribution >= 0.6 is 0 Å². The number of carbonyl (C=O) groups excluding carboxylic acids is 1. The first-order chi connectivity index (χ1) is 18.2. The molecule has 230 valence electrons. The number of aliphatic hydroxyl groups excluding tert-OH is 9. The molecular formula is C25H48N2O12. The third kappa shape index (κ3) is 7.08. The van der Waals surface area contributed by atoms with E-state index in [0.29, 0.717) is 6.42 Å². The maximum absolute atomic E-state index is 11.7. The maximum Gasteiger partial charge on any atom is 0.236 e. The number of hydrogen-bond donors (Lipinski definition) is 11. The van der Waals surface area contributed by atoms with Gasteiger partial charge in [0.05, 0.1) is 74.1 Å². The average molecular weight is 569 g/mol. The highest BCUT2D eigenvalue weighted by atomic mass is 16.6. The first kappa shape index (κ1) is 34.2. The molecule has 12 N–H and O–H groups in total. The van der Waals surface area contributed by atoms with E-state index in [2.05, 4.69) is 5.43 Å². The number of carbonyl (C=O) groups is 1. The number of amides is 1. The van der Waals surface area contributed by atoms with Gasteiger partial charge in [0.1, 0.15) is 0 Å². The van der Waals surface area contributed by atoms with Gasteiger partial charge in [-0.25, -0.2) is 5.84 Å². The standard InChI is InChI=1S/C25H48N2O12/c1-5-25(4,22(35)14-16(30)12(7-28)17(31)19(14)33)39-21-13(8-29)18(32)20(34)15(21)24(37)38-9-10(2)6-11(3)23(36)27-26/h10-22,24,28-35,37H,5-9,26H2,1-4H3,(H,27,36). The summed E-state index contributed by atoms with van der Waals surface area (Å²) < 4.78 is 11.8. The third-order valence-corrected chi connectivity index (χ3v) is 8.75. The van der Waals surface area contributed by atoms with Crippen molar-refractivity contribution in [1.29, 1.82) is 0 Å². The van der Waals surface area contributed by atoms with Gasteiger partial charge in [-0.1, -0.05) is 20.8 Å². The molecule has 2 rings (SSSR count). The van der Waals surface area contributed by atoms with E-state index in [9.17, 15) is 50.8 Å². The number of ether oxygens (including phenoxy) is 2. The summed E-state index contributed by atoms with van der Waals surface area (Å²) in [5.74, 6) is -0.571. The van der Waals surface area contributed by atoms with Crippen molar-refractivity contribution in [3.8, 4) is 0 Å². The van der Waals surface area contributed by atoms with E-state index >= 15 is 0 Å². The molecule has 0 radical (unpaired) electrons. The Labute approximate surface area is 228 Å². The number of nitrogens with one attached hydrogen (secondary N) is 1. The van der Waals surface area contributed by atoms with Gasteiger partial charge in [0, 0.05) is 23.7 Å². The van der Waals surface area contributed by atoms with E-state index in [4.69, 9.17) is 15.3 Å². The van der Waals surface area contributed by atoms with E-state index in [1.165, 1.54) is 6.92 Å². The molecule has 39 heavy (non-hydrogen) atoms. The number of aliphatic hydroxyl groups is 9. The third-order valence-electron chi connectivity index (χ3n) is 8.75. The summed E-state index contributed by atoms with van der Waals surface area (Å²) in [5, 5.41) is 94.5. The van der Waals surface area contributed by atoms with Crippen LogP contribution in [-0.4, -0.2) is 126 Å².